The van der Waals surface area contributed by atoms with Crippen LogP contribution in [-0.2, 0) is 6.54 Å². The van der Waals surface area contributed by atoms with Gasteiger partial charge in [-0.05, 0) is 49.9 Å². The molecule has 1 fully saturated rings. The average Bonchev–Trinajstić information content (AvgIpc) is 2.49. The first-order valence-corrected chi connectivity index (χ1v) is 8.22. The van der Waals surface area contributed by atoms with Gasteiger partial charge in [0.1, 0.15) is 0 Å². The third kappa shape index (κ3) is 4.11. The number of hydrogen-bond donors (Lipinski definition) is 1. The van der Waals surface area contributed by atoms with E-state index in [0.717, 1.165) is 35.6 Å². The van der Waals surface area contributed by atoms with E-state index >= 15 is 0 Å². The molecule has 0 amide bonds. The van der Waals surface area contributed by atoms with Crippen LogP contribution in [-0.4, -0.2) is 38.3 Å². The molecule has 0 spiro atoms. The number of halogens is 1. The minimum absolute atomic E-state index is 0.265. The average molecular weight is 357 g/mol. The largest absolute Gasteiger partial charge is 0.493 e. The Morgan fingerprint density at radius 2 is 2.00 bits per heavy atom. The smallest absolute Gasteiger partial charge is 0.161 e. The second-order valence-corrected chi connectivity index (χ2v) is 6.65. The zero-order chi connectivity index (χ0) is 15.4. The van der Waals surface area contributed by atoms with Crippen LogP contribution in [0.3, 0.4) is 0 Å². The van der Waals surface area contributed by atoms with Crippen LogP contribution in [0.5, 0.6) is 11.5 Å². The number of benzene rings is 1. The van der Waals surface area contributed by atoms with E-state index in [1.54, 1.807) is 14.2 Å². The van der Waals surface area contributed by atoms with Crippen molar-refractivity contribution in [2.45, 2.75) is 32.4 Å². The molecule has 1 saturated heterocycles. The lowest BCUT2D eigenvalue weighted by Gasteiger charge is -2.34. The highest BCUT2D eigenvalue weighted by Crippen LogP contribution is 2.34. The van der Waals surface area contributed by atoms with Gasteiger partial charge in [-0.1, -0.05) is 15.9 Å². The Hall–Kier alpha value is -0.780. The van der Waals surface area contributed by atoms with Crippen molar-refractivity contribution in [1.29, 1.82) is 0 Å². The third-order valence-electron chi connectivity index (χ3n) is 4.23. The fraction of sp³-hybridized carbons (Fsp3) is 0.625. The van der Waals surface area contributed by atoms with Gasteiger partial charge >= 0.3 is 0 Å². The number of rotatable bonds is 5. The summed E-state index contributed by atoms with van der Waals surface area (Å²) in [7, 11) is 3.32. The van der Waals surface area contributed by atoms with E-state index in [0.29, 0.717) is 5.92 Å². The topological polar surface area (TPSA) is 47.7 Å². The van der Waals surface area contributed by atoms with Crippen molar-refractivity contribution in [3.63, 3.8) is 0 Å². The molecular formula is C16H25BrN2O2. The zero-order valence-corrected chi connectivity index (χ0v) is 14.6. The summed E-state index contributed by atoms with van der Waals surface area (Å²) >= 11 is 3.64. The van der Waals surface area contributed by atoms with Gasteiger partial charge < -0.3 is 15.2 Å². The molecule has 1 aromatic rings. The Labute approximate surface area is 135 Å². The van der Waals surface area contributed by atoms with Crippen LogP contribution in [0.4, 0.5) is 0 Å². The number of nitrogens with two attached hydrogens (primary N) is 1. The van der Waals surface area contributed by atoms with E-state index in [4.69, 9.17) is 15.2 Å². The molecule has 0 aliphatic carbocycles. The van der Waals surface area contributed by atoms with Gasteiger partial charge in [0.25, 0.3) is 0 Å². The normalized spacial score (nSPS) is 21.1. The Balaban J connectivity index is 2.12. The molecule has 2 rings (SSSR count). The van der Waals surface area contributed by atoms with Gasteiger partial charge in [0, 0.05) is 23.6 Å². The summed E-state index contributed by atoms with van der Waals surface area (Å²) < 4.78 is 11.8. The van der Waals surface area contributed by atoms with Gasteiger partial charge in [0.05, 0.1) is 14.2 Å². The maximum atomic E-state index is 6.06. The van der Waals surface area contributed by atoms with Crippen molar-refractivity contribution in [1.82, 2.24) is 4.90 Å². The first kappa shape index (κ1) is 16.6. The summed E-state index contributed by atoms with van der Waals surface area (Å²) in [6.07, 6.45) is 2.46. The molecular weight excluding hydrogens is 332 g/mol. The summed E-state index contributed by atoms with van der Waals surface area (Å²) in [6.45, 7) is 5.22. The molecule has 0 saturated carbocycles. The first-order valence-electron chi connectivity index (χ1n) is 7.43. The molecule has 0 radical (unpaired) electrons. The monoisotopic (exact) mass is 356 g/mol. The van der Waals surface area contributed by atoms with Gasteiger partial charge in [0.2, 0.25) is 0 Å². The second kappa shape index (κ2) is 7.47. The zero-order valence-electron chi connectivity index (χ0n) is 13.1. The number of hydrogen-bond acceptors (Lipinski definition) is 4. The van der Waals surface area contributed by atoms with Crippen molar-refractivity contribution in [3.05, 3.63) is 22.2 Å². The van der Waals surface area contributed by atoms with E-state index in [1.165, 1.54) is 18.4 Å². The maximum absolute atomic E-state index is 6.06. The van der Waals surface area contributed by atoms with Crippen LogP contribution >= 0.6 is 15.9 Å². The first-order chi connectivity index (χ1) is 10.0. The van der Waals surface area contributed by atoms with Crippen molar-refractivity contribution >= 4 is 15.9 Å². The second-order valence-electron chi connectivity index (χ2n) is 5.80. The van der Waals surface area contributed by atoms with Gasteiger partial charge in [-0.3, -0.25) is 4.90 Å². The molecule has 0 aromatic heterocycles. The number of piperidine rings is 1. The fourth-order valence-electron chi connectivity index (χ4n) is 2.92. The summed E-state index contributed by atoms with van der Waals surface area (Å²) in [5.41, 5.74) is 7.28. The predicted octanol–water partition coefficient (Wildman–Crippen LogP) is 3.03. The van der Waals surface area contributed by atoms with Crippen molar-refractivity contribution in [2.24, 2.45) is 11.7 Å². The van der Waals surface area contributed by atoms with Crippen LogP contribution in [0.25, 0.3) is 0 Å². The minimum Gasteiger partial charge on any atom is -0.493 e. The Morgan fingerprint density at radius 1 is 1.33 bits per heavy atom. The lowest BCUT2D eigenvalue weighted by atomic mass is 9.92. The third-order valence-corrected chi connectivity index (χ3v) is 4.97. The van der Waals surface area contributed by atoms with E-state index in [-0.39, 0.29) is 6.04 Å². The molecule has 0 bridgehead atoms. The van der Waals surface area contributed by atoms with Crippen LogP contribution in [0, 0.1) is 5.92 Å². The fourth-order valence-corrected chi connectivity index (χ4v) is 3.37. The van der Waals surface area contributed by atoms with E-state index < -0.39 is 0 Å². The molecule has 21 heavy (non-hydrogen) atoms. The maximum Gasteiger partial charge on any atom is 0.161 e. The van der Waals surface area contributed by atoms with Crippen molar-refractivity contribution in [3.8, 4) is 11.5 Å². The van der Waals surface area contributed by atoms with Crippen molar-refractivity contribution < 1.29 is 9.47 Å². The van der Waals surface area contributed by atoms with E-state index in [1.807, 2.05) is 6.07 Å². The highest BCUT2D eigenvalue weighted by Gasteiger charge is 2.23. The highest BCUT2D eigenvalue weighted by molar-refractivity contribution is 9.10. The van der Waals surface area contributed by atoms with E-state index in [2.05, 4.69) is 33.8 Å². The van der Waals surface area contributed by atoms with E-state index in [9.17, 15) is 0 Å². The molecule has 2 atom stereocenters. The van der Waals surface area contributed by atoms with Gasteiger partial charge in [-0.25, -0.2) is 0 Å². The Bertz CT molecular complexity index is 480. The van der Waals surface area contributed by atoms with Crippen LogP contribution in [0.1, 0.15) is 25.3 Å². The molecule has 1 aliphatic rings. The summed E-state index contributed by atoms with van der Waals surface area (Å²) in [6, 6.07) is 4.29. The molecule has 1 aliphatic heterocycles. The molecule has 118 valence electrons. The molecule has 4 nitrogen and oxygen atoms in total. The van der Waals surface area contributed by atoms with Gasteiger partial charge in [0.15, 0.2) is 11.5 Å². The molecule has 1 aromatic carbocycles. The standard InChI is InChI=1S/C16H25BrN2O2/c1-11(18)12-5-4-6-19(9-12)10-13-7-15(20-2)16(21-3)8-14(13)17/h7-8,11-12H,4-6,9-10,18H2,1-3H3. The Kier molecular flexibility index (Phi) is 5.90. The number of likely N-dealkylation sites (tertiary alicyclic amines) is 1. The molecule has 2 N–H and O–H groups in total. The summed E-state index contributed by atoms with van der Waals surface area (Å²) in [4.78, 5) is 2.48. The predicted molar refractivity (Wildman–Crippen MR) is 88.9 cm³/mol. The van der Waals surface area contributed by atoms with Crippen LogP contribution < -0.4 is 15.2 Å². The minimum atomic E-state index is 0.265. The molecule has 1 heterocycles. The molecule has 5 heteroatoms. The van der Waals surface area contributed by atoms with Crippen LogP contribution in [0.15, 0.2) is 16.6 Å². The van der Waals surface area contributed by atoms with Gasteiger partial charge in [-0.15, -0.1) is 0 Å². The summed E-state index contributed by atoms with van der Waals surface area (Å²) in [5, 5.41) is 0. The quantitative estimate of drug-likeness (QED) is 0.880. The van der Waals surface area contributed by atoms with Crippen LogP contribution in [0.2, 0.25) is 0 Å². The highest BCUT2D eigenvalue weighted by atomic mass is 79.9. The lowest BCUT2D eigenvalue weighted by molar-refractivity contribution is 0.154. The lowest BCUT2D eigenvalue weighted by Crippen LogP contribution is -2.41. The number of methoxy groups -OCH3 is 2. The van der Waals surface area contributed by atoms with Gasteiger partial charge in [-0.2, -0.15) is 0 Å². The SMILES string of the molecule is COc1cc(Br)c(CN2CCCC(C(C)N)C2)cc1OC. The number of nitrogens with zero attached hydrogens (tertiary/aromatic N) is 1. The Morgan fingerprint density at radius 3 is 2.62 bits per heavy atom. The summed E-state index contributed by atoms with van der Waals surface area (Å²) in [5.74, 6) is 2.12. The molecule has 2 unspecified atom stereocenters. The van der Waals surface area contributed by atoms with Crippen molar-refractivity contribution in [2.75, 3.05) is 27.3 Å². The number of ether oxygens (including phenoxy) is 2.